The van der Waals surface area contributed by atoms with Gasteiger partial charge in [0.1, 0.15) is 5.52 Å². The Morgan fingerprint density at radius 1 is 1.29 bits per heavy atom. The number of ketones is 1. The Morgan fingerprint density at radius 3 is 2.76 bits per heavy atom. The van der Waals surface area contributed by atoms with Gasteiger partial charge in [0.25, 0.3) is 0 Å². The van der Waals surface area contributed by atoms with Crippen LogP contribution < -0.4 is 0 Å². The van der Waals surface area contributed by atoms with Crippen molar-refractivity contribution in [3.8, 4) is 0 Å². The van der Waals surface area contributed by atoms with Crippen LogP contribution in [0.25, 0.3) is 17.2 Å². The van der Waals surface area contributed by atoms with E-state index in [-0.39, 0.29) is 5.78 Å². The van der Waals surface area contributed by atoms with Gasteiger partial charge >= 0.3 is 0 Å². The summed E-state index contributed by atoms with van der Waals surface area (Å²) in [6, 6.07) is 3.68. The standard InChI is InChI=1S/C12H11N3OS/c1-8(16)11(17-2)7-9-3-4-10-12(15-9)14-6-5-13-10/h3-7H,1-2H3/b11-7-. The zero-order valence-corrected chi connectivity index (χ0v) is 10.4. The normalized spacial score (nSPS) is 11.8. The molecule has 0 radical (unpaired) electrons. The van der Waals surface area contributed by atoms with E-state index in [1.165, 1.54) is 11.8 Å². The number of Topliss-reactive ketones (excluding diaryl/α,β-unsaturated/α-hetero) is 1. The number of rotatable bonds is 3. The molecule has 0 aliphatic heterocycles. The van der Waals surface area contributed by atoms with Gasteiger partial charge < -0.3 is 0 Å². The van der Waals surface area contributed by atoms with Crippen molar-refractivity contribution in [2.75, 3.05) is 6.26 Å². The summed E-state index contributed by atoms with van der Waals surface area (Å²) in [5.41, 5.74) is 2.06. The molecule has 0 N–H and O–H groups in total. The minimum atomic E-state index is 0.0403. The fourth-order valence-corrected chi connectivity index (χ4v) is 1.91. The van der Waals surface area contributed by atoms with E-state index in [1.807, 2.05) is 18.4 Å². The maximum absolute atomic E-state index is 11.3. The predicted octanol–water partition coefficient (Wildman–Crippen LogP) is 2.32. The van der Waals surface area contributed by atoms with Crippen molar-refractivity contribution in [3.05, 3.63) is 35.1 Å². The fraction of sp³-hybridized carbons (Fsp3) is 0.167. The lowest BCUT2D eigenvalue weighted by atomic mass is 10.3. The van der Waals surface area contributed by atoms with Crippen LogP contribution in [-0.4, -0.2) is 27.0 Å². The van der Waals surface area contributed by atoms with Gasteiger partial charge in [-0.25, -0.2) is 9.97 Å². The van der Waals surface area contributed by atoms with Crippen LogP contribution >= 0.6 is 11.8 Å². The summed E-state index contributed by atoms with van der Waals surface area (Å²) < 4.78 is 0. The number of carbonyl (C=O) groups excluding carboxylic acids is 1. The second kappa shape index (κ2) is 5.05. The minimum absolute atomic E-state index is 0.0403. The van der Waals surface area contributed by atoms with Crippen LogP contribution in [0, 0.1) is 0 Å². The first-order valence-electron chi connectivity index (χ1n) is 5.05. The molecule has 0 unspecified atom stereocenters. The van der Waals surface area contributed by atoms with Crippen LogP contribution in [0.4, 0.5) is 0 Å². The van der Waals surface area contributed by atoms with Gasteiger partial charge in [-0.05, 0) is 31.4 Å². The van der Waals surface area contributed by atoms with E-state index in [9.17, 15) is 4.79 Å². The van der Waals surface area contributed by atoms with E-state index < -0.39 is 0 Å². The first kappa shape index (κ1) is 11.7. The van der Waals surface area contributed by atoms with E-state index in [0.717, 1.165) is 11.2 Å². The third-order valence-corrected chi connectivity index (χ3v) is 3.04. The molecule has 0 saturated carbocycles. The maximum Gasteiger partial charge on any atom is 0.178 e. The fourth-order valence-electron chi connectivity index (χ4n) is 1.39. The quantitative estimate of drug-likeness (QED) is 0.777. The first-order chi connectivity index (χ1) is 8.20. The van der Waals surface area contributed by atoms with Crippen molar-refractivity contribution in [1.82, 2.24) is 15.0 Å². The largest absolute Gasteiger partial charge is 0.294 e. The van der Waals surface area contributed by atoms with Crippen molar-refractivity contribution < 1.29 is 4.79 Å². The number of hydrogen-bond donors (Lipinski definition) is 0. The molecule has 0 aliphatic carbocycles. The number of allylic oxidation sites excluding steroid dienone is 1. The van der Waals surface area contributed by atoms with Crippen LogP contribution in [0.1, 0.15) is 12.6 Å². The van der Waals surface area contributed by atoms with Gasteiger partial charge in [-0.2, -0.15) is 0 Å². The van der Waals surface area contributed by atoms with E-state index in [4.69, 9.17) is 0 Å². The molecule has 0 amide bonds. The molecule has 5 heteroatoms. The van der Waals surface area contributed by atoms with E-state index >= 15 is 0 Å². The zero-order valence-electron chi connectivity index (χ0n) is 9.54. The number of carbonyl (C=O) groups is 1. The van der Waals surface area contributed by atoms with Crippen LogP contribution in [0.5, 0.6) is 0 Å². The van der Waals surface area contributed by atoms with Crippen LogP contribution in [0.2, 0.25) is 0 Å². The highest BCUT2D eigenvalue weighted by atomic mass is 32.2. The Bertz CT molecular complexity index is 595. The molecule has 86 valence electrons. The Hall–Kier alpha value is -1.75. The molecular formula is C12H11N3OS. The number of pyridine rings is 1. The Morgan fingerprint density at radius 2 is 2.06 bits per heavy atom. The minimum Gasteiger partial charge on any atom is -0.294 e. The van der Waals surface area contributed by atoms with E-state index in [2.05, 4.69) is 15.0 Å². The third kappa shape index (κ3) is 2.68. The van der Waals surface area contributed by atoms with Crippen molar-refractivity contribution >= 4 is 34.8 Å². The molecule has 2 aromatic heterocycles. The Kier molecular flexibility index (Phi) is 3.49. The number of thioether (sulfide) groups is 1. The average Bonchev–Trinajstić information content (AvgIpc) is 2.35. The number of nitrogens with zero attached hydrogens (tertiary/aromatic N) is 3. The summed E-state index contributed by atoms with van der Waals surface area (Å²) in [6.07, 6.45) is 6.86. The topological polar surface area (TPSA) is 55.7 Å². The molecule has 0 spiro atoms. The van der Waals surface area contributed by atoms with Crippen molar-refractivity contribution in [2.45, 2.75) is 6.92 Å². The molecule has 0 atom stereocenters. The predicted molar refractivity (Wildman–Crippen MR) is 69.5 cm³/mol. The first-order valence-corrected chi connectivity index (χ1v) is 6.27. The molecule has 0 fully saturated rings. The average molecular weight is 245 g/mol. The van der Waals surface area contributed by atoms with Crippen LogP contribution in [-0.2, 0) is 4.79 Å². The van der Waals surface area contributed by atoms with E-state index in [1.54, 1.807) is 25.4 Å². The molecule has 0 aliphatic rings. The highest BCUT2D eigenvalue weighted by Gasteiger charge is 2.03. The smallest absolute Gasteiger partial charge is 0.178 e. The second-order valence-electron chi connectivity index (χ2n) is 3.40. The highest BCUT2D eigenvalue weighted by molar-refractivity contribution is 8.03. The molecular weight excluding hydrogens is 234 g/mol. The molecule has 0 bridgehead atoms. The summed E-state index contributed by atoms with van der Waals surface area (Å²) in [7, 11) is 0. The summed E-state index contributed by atoms with van der Waals surface area (Å²) >= 11 is 1.41. The van der Waals surface area contributed by atoms with Gasteiger partial charge in [-0.15, -0.1) is 11.8 Å². The van der Waals surface area contributed by atoms with E-state index in [0.29, 0.717) is 10.6 Å². The van der Waals surface area contributed by atoms with Gasteiger partial charge in [-0.1, -0.05) is 0 Å². The van der Waals surface area contributed by atoms with Gasteiger partial charge in [0.2, 0.25) is 0 Å². The van der Waals surface area contributed by atoms with Crippen molar-refractivity contribution in [2.24, 2.45) is 0 Å². The van der Waals surface area contributed by atoms with Crippen molar-refractivity contribution in [3.63, 3.8) is 0 Å². The molecule has 2 heterocycles. The molecule has 17 heavy (non-hydrogen) atoms. The number of fused-ring (bicyclic) bond motifs is 1. The van der Waals surface area contributed by atoms with Gasteiger partial charge in [0.15, 0.2) is 11.4 Å². The van der Waals surface area contributed by atoms with Crippen LogP contribution in [0.15, 0.2) is 29.4 Å². The molecule has 0 saturated heterocycles. The van der Waals surface area contributed by atoms with Crippen molar-refractivity contribution in [1.29, 1.82) is 0 Å². The van der Waals surface area contributed by atoms with Gasteiger partial charge in [0.05, 0.1) is 10.6 Å². The van der Waals surface area contributed by atoms with Crippen LogP contribution in [0.3, 0.4) is 0 Å². The Labute approximate surface area is 103 Å². The summed E-state index contributed by atoms with van der Waals surface area (Å²) in [5.74, 6) is 0.0403. The zero-order chi connectivity index (χ0) is 12.3. The summed E-state index contributed by atoms with van der Waals surface area (Å²) in [5, 5.41) is 0. The Balaban J connectivity index is 2.46. The lowest BCUT2D eigenvalue weighted by Gasteiger charge is -2.00. The maximum atomic E-state index is 11.3. The van der Waals surface area contributed by atoms with Gasteiger partial charge in [0, 0.05) is 12.4 Å². The molecule has 4 nitrogen and oxygen atoms in total. The SMILES string of the molecule is CS/C(=C\c1ccc2nccnc2n1)C(C)=O. The molecule has 0 aromatic carbocycles. The molecule has 2 aromatic rings. The lowest BCUT2D eigenvalue weighted by molar-refractivity contribution is -0.112. The summed E-state index contributed by atoms with van der Waals surface area (Å²) in [4.78, 5) is 24.6. The van der Waals surface area contributed by atoms with Gasteiger partial charge in [-0.3, -0.25) is 9.78 Å². The highest BCUT2D eigenvalue weighted by Crippen LogP contribution is 2.17. The second-order valence-corrected chi connectivity index (χ2v) is 4.25. The summed E-state index contributed by atoms with van der Waals surface area (Å²) in [6.45, 7) is 1.54. The number of aromatic nitrogens is 3. The monoisotopic (exact) mass is 245 g/mol. The lowest BCUT2D eigenvalue weighted by Crippen LogP contribution is -1.93. The molecule has 2 rings (SSSR count). The number of hydrogen-bond acceptors (Lipinski definition) is 5. The third-order valence-electron chi connectivity index (χ3n) is 2.20.